The number of nitrogens with zero attached hydrogens (tertiary/aromatic N) is 1. The fraction of sp³-hybridized carbons (Fsp3) is 0.750. The topological polar surface area (TPSA) is 83.9 Å². The summed E-state index contributed by atoms with van der Waals surface area (Å²) in [6.07, 6.45) is -0.704. The summed E-state index contributed by atoms with van der Waals surface area (Å²) in [7, 11) is 0. The van der Waals surface area contributed by atoms with Crippen molar-refractivity contribution in [2.24, 2.45) is 5.41 Å². The van der Waals surface area contributed by atoms with Crippen LogP contribution >= 0.6 is 0 Å². The largest absolute Gasteiger partial charge is 0.481 e. The number of hydrogen-bond acceptors (Lipinski definition) is 4. The van der Waals surface area contributed by atoms with E-state index in [9.17, 15) is 14.4 Å². The molecular weight excluding hydrogens is 238 g/mol. The van der Waals surface area contributed by atoms with Crippen LogP contribution in [-0.4, -0.2) is 46.5 Å². The molecule has 1 N–H and O–H groups in total. The highest BCUT2D eigenvalue weighted by atomic mass is 16.6. The molecule has 0 aliphatic carbocycles. The minimum Gasteiger partial charge on any atom is -0.481 e. The Labute approximate surface area is 106 Å². The van der Waals surface area contributed by atoms with E-state index in [0.717, 1.165) is 4.90 Å². The van der Waals surface area contributed by atoms with Crippen LogP contribution in [0.2, 0.25) is 0 Å². The third kappa shape index (κ3) is 3.45. The number of carboxylic acids is 1. The molecule has 1 aliphatic heterocycles. The van der Waals surface area contributed by atoms with E-state index in [-0.39, 0.29) is 25.3 Å². The van der Waals surface area contributed by atoms with Crippen molar-refractivity contribution in [3.63, 3.8) is 0 Å². The maximum absolute atomic E-state index is 11.8. The molecule has 1 atom stereocenters. The SMILES string of the molecule is CC(C)(C)OC(=O)N1CC(=O)C[C@@](C)(C(=O)O)C1. The predicted molar refractivity (Wildman–Crippen MR) is 63.2 cm³/mol. The van der Waals surface area contributed by atoms with E-state index < -0.39 is 23.1 Å². The Morgan fingerprint density at radius 1 is 1.39 bits per heavy atom. The summed E-state index contributed by atoms with van der Waals surface area (Å²) in [5.41, 5.74) is -1.90. The van der Waals surface area contributed by atoms with Crippen LogP contribution in [0.1, 0.15) is 34.1 Å². The average molecular weight is 257 g/mol. The van der Waals surface area contributed by atoms with E-state index in [4.69, 9.17) is 9.84 Å². The van der Waals surface area contributed by atoms with Gasteiger partial charge in [-0.1, -0.05) is 0 Å². The van der Waals surface area contributed by atoms with Crippen molar-refractivity contribution in [3.8, 4) is 0 Å². The Hall–Kier alpha value is -1.59. The summed E-state index contributed by atoms with van der Waals surface area (Å²) in [4.78, 5) is 35.7. The fourth-order valence-corrected chi connectivity index (χ4v) is 1.84. The molecule has 1 aliphatic rings. The maximum Gasteiger partial charge on any atom is 0.410 e. The Balaban J connectivity index is 2.81. The second-order valence-corrected chi connectivity index (χ2v) is 5.92. The standard InChI is InChI=1S/C12H19NO5/c1-11(2,3)18-10(17)13-6-8(14)5-12(4,7-13)9(15)16/h5-7H2,1-4H3,(H,15,16)/t12-/m1/s1. The number of piperidine rings is 1. The number of Topliss-reactive ketones (excluding diaryl/α,β-unsaturated/α-hetero) is 1. The number of aliphatic carboxylic acids is 1. The zero-order chi connectivity index (χ0) is 14.1. The molecule has 0 bridgehead atoms. The summed E-state index contributed by atoms with van der Waals surface area (Å²) in [5.74, 6) is -1.35. The Kier molecular flexibility index (Phi) is 3.69. The van der Waals surface area contributed by atoms with Crippen molar-refractivity contribution in [3.05, 3.63) is 0 Å². The van der Waals surface area contributed by atoms with Gasteiger partial charge in [0.25, 0.3) is 0 Å². The number of ether oxygens (including phenoxy) is 1. The van der Waals surface area contributed by atoms with Gasteiger partial charge >= 0.3 is 12.1 Å². The lowest BCUT2D eigenvalue weighted by atomic mass is 9.81. The number of carboxylic acid groups (broad SMARTS) is 1. The van der Waals surface area contributed by atoms with Gasteiger partial charge in [-0.25, -0.2) is 4.79 Å². The van der Waals surface area contributed by atoms with E-state index in [1.807, 2.05) is 0 Å². The van der Waals surface area contributed by atoms with Gasteiger partial charge in [0.15, 0.2) is 5.78 Å². The second-order valence-electron chi connectivity index (χ2n) is 5.92. The molecule has 1 amide bonds. The molecule has 102 valence electrons. The molecule has 18 heavy (non-hydrogen) atoms. The normalized spacial score (nSPS) is 24.9. The van der Waals surface area contributed by atoms with Crippen LogP contribution < -0.4 is 0 Å². The molecule has 0 aromatic carbocycles. The Morgan fingerprint density at radius 3 is 2.39 bits per heavy atom. The van der Waals surface area contributed by atoms with Gasteiger partial charge in [0.1, 0.15) is 5.60 Å². The minimum absolute atomic E-state index is 0.0109. The summed E-state index contributed by atoms with van der Waals surface area (Å²) in [6, 6.07) is 0. The smallest absolute Gasteiger partial charge is 0.410 e. The first-order valence-corrected chi connectivity index (χ1v) is 5.76. The number of amides is 1. The van der Waals surface area contributed by atoms with Crippen molar-refractivity contribution in [1.29, 1.82) is 0 Å². The highest BCUT2D eigenvalue weighted by Crippen LogP contribution is 2.28. The van der Waals surface area contributed by atoms with Crippen molar-refractivity contribution < 1.29 is 24.2 Å². The van der Waals surface area contributed by atoms with Gasteiger partial charge in [-0.15, -0.1) is 0 Å². The van der Waals surface area contributed by atoms with E-state index in [1.165, 1.54) is 6.92 Å². The van der Waals surface area contributed by atoms with E-state index in [2.05, 4.69) is 0 Å². The van der Waals surface area contributed by atoms with Crippen LogP contribution in [0, 0.1) is 5.41 Å². The molecular formula is C12H19NO5. The number of ketones is 1. The maximum atomic E-state index is 11.8. The van der Waals surface area contributed by atoms with Crippen molar-refractivity contribution in [1.82, 2.24) is 4.90 Å². The highest BCUT2D eigenvalue weighted by Gasteiger charge is 2.43. The quantitative estimate of drug-likeness (QED) is 0.765. The minimum atomic E-state index is -1.23. The average Bonchev–Trinajstić information content (AvgIpc) is 2.13. The van der Waals surface area contributed by atoms with Crippen LogP contribution in [-0.2, 0) is 14.3 Å². The highest BCUT2D eigenvalue weighted by molar-refractivity contribution is 5.91. The summed E-state index contributed by atoms with van der Waals surface area (Å²) in [5, 5.41) is 9.12. The molecule has 1 saturated heterocycles. The molecule has 6 nitrogen and oxygen atoms in total. The molecule has 0 radical (unpaired) electrons. The zero-order valence-electron chi connectivity index (χ0n) is 11.1. The Bertz CT molecular complexity index is 384. The zero-order valence-corrected chi connectivity index (χ0v) is 11.1. The molecule has 6 heteroatoms. The first-order valence-electron chi connectivity index (χ1n) is 5.76. The van der Waals surface area contributed by atoms with Crippen molar-refractivity contribution in [2.45, 2.75) is 39.7 Å². The second kappa shape index (κ2) is 4.59. The van der Waals surface area contributed by atoms with Crippen molar-refractivity contribution in [2.75, 3.05) is 13.1 Å². The van der Waals surface area contributed by atoms with Crippen LogP contribution in [0.15, 0.2) is 0 Å². The monoisotopic (exact) mass is 257 g/mol. The molecule has 1 fully saturated rings. The van der Waals surface area contributed by atoms with Gasteiger partial charge in [0.05, 0.1) is 12.0 Å². The van der Waals surface area contributed by atoms with Gasteiger partial charge in [-0.05, 0) is 27.7 Å². The molecule has 0 unspecified atom stereocenters. The lowest BCUT2D eigenvalue weighted by Crippen LogP contribution is -2.53. The van der Waals surface area contributed by atoms with Crippen molar-refractivity contribution >= 4 is 17.8 Å². The van der Waals surface area contributed by atoms with Gasteiger partial charge in [-0.3, -0.25) is 14.5 Å². The lowest BCUT2D eigenvalue weighted by Gasteiger charge is -2.37. The van der Waals surface area contributed by atoms with E-state index >= 15 is 0 Å². The van der Waals surface area contributed by atoms with E-state index in [0.29, 0.717) is 0 Å². The summed E-state index contributed by atoms with van der Waals surface area (Å²) < 4.78 is 5.14. The lowest BCUT2D eigenvalue weighted by molar-refractivity contribution is -0.154. The molecule has 0 aromatic rings. The van der Waals surface area contributed by atoms with Gasteiger partial charge in [0.2, 0.25) is 0 Å². The van der Waals surface area contributed by atoms with Crippen LogP contribution in [0.25, 0.3) is 0 Å². The first kappa shape index (κ1) is 14.5. The molecule has 0 spiro atoms. The molecule has 1 rings (SSSR count). The molecule has 0 aromatic heterocycles. The number of likely N-dealkylation sites (tertiary alicyclic amines) is 1. The third-order valence-electron chi connectivity index (χ3n) is 2.66. The summed E-state index contributed by atoms with van der Waals surface area (Å²) in [6.45, 7) is 6.51. The van der Waals surface area contributed by atoms with Gasteiger partial charge in [0, 0.05) is 13.0 Å². The molecule has 1 heterocycles. The van der Waals surface area contributed by atoms with Crippen LogP contribution in [0.5, 0.6) is 0 Å². The summed E-state index contributed by atoms with van der Waals surface area (Å²) >= 11 is 0. The van der Waals surface area contributed by atoms with Gasteiger partial charge < -0.3 is 9.84 Å². The van der Waals surface area contributed by atoms with Crippen LogP contribution in [0.3, 0.4) is 0 Å². The number of carbonyl (C=O) groups excluding carboxylic acids is 2. The van der Waals surface area contributed by atoms with Gasteiger partial charge in [-0.2, -0.15) is 0 Å². The number of hydrogen-bond donors (Lipinski definition) is 1. The fourth-order valence-electron chi connectivity index (χ4n) is 1.84. The van der Waals surface area contributed by atoms with Crippen LogP contribution in [0.4, 0.5) is 4.79 Å². The predicted octanol–water partition coefficient (Wildman–Crippen LogP) is 1.29. The number of carbonyl (C=O) groups is 3. The third-order valence-corrected chi connectivity index (χ3v) is 2.66. The number of rotatable bonds is 1. The first-order chi connectivity index (χ1) is 8.03. The molecule has 0 saturated carbocycles. The Morgan fingerprint density at radius 2 is 1.94 bits per heavy atom. The van der Waals surface area contributed by atoms with E-state index in [1.54, 1.807) is 20.8 Å².